The lowest BCUT2D eigenvalue weighted by molar-refractivity contribution is 1.26. The van der Waals surface area contributed by atoms with E-state index in [4.69, 9.17) is 0 Å². The van der Waals surface area contributed by atoms with Gasteiger partial charge in [-0.05, 0) is 80.3 Å². The summed E-state index contributed by atoms with van der Waals surface area (Å²) in [5.74, 6) is 0. The van der Waals surface area contributed by atoms with Gasteiger partial charge in [0.1, 0.15) is 0 Å². The Morgan fingerprint density at radius 3 is 1.48 bits per heavy atom. The van der Waals surface area contributed by atoms with Crippen LogP contribution in [0.1, 0.15) is 11.1 Å². The molecular formula is C31H22. The van der Waals surface area contributed by atoms with Gasteiger partial charge in [0.05, 0.1) is 0 Å². The van der Waals surface area contributed by atoms with Gasteiger partial charge in [0.15, 0.2) is 0 Å². The van der Waals surface area contributed by atoms with Crippen molar-refractivity contribution in [3.05, 3.63) is 132 Å². The number of fused-ring (bicyclic) bond motifs is 3. The third-order valence-corrected chi connectivity index (χ3v) is 6.27. The van der Waals surface area contributed by atoms with Crippen molar-refractivity contribution in [2.75, 3.05) is 0 Å². The van der Waals surface area contributed by atoms with Crippen molar-refractivity contribution in [2.45, 2.75) is 6.42 Å². The van der Waals surface area contributed by atoms with Crippen molar-refractivity contribution in [1.82, 2.24) is 0 Å². The SMILES string of the molecule is c1ccc(-c2cc(-c3ccccc3)cc(-c3ccc4c(c3)Cc3ccccc3-4)c2)cc1. The van der Waals surface area contributed by atoms with Crippen molar-refractivity contribution >= 4 is 0 Å². The Morgan fingerprint density at radius 1 is 0.323 bits per heavy atom. The summed E-state index contributed by atoms with van der Waals surface area (Å²) in [6.45, 7) is 0. The van der Waals surface area contributed by atoms with E-state index in [1.165, 1.54) is 55.6 Å². The zero-order valence-corrected chi connectivity index (χ0v) is 17.3. The van der Waals surface area contributed by atoms with Crippen molar-refractivity contribution in [1.29, 1.82) is 0 Å². The van der Waals surface area contributed by atoms with E-state index in [9.17, 15) is 0 Å². The molecule has 0 unspecified atom stereocenters. The van der Waals surface area contributed by atoms with Gasteiger partial charge in [-0.3, -0.25) is 0 Å². The van der Waals surface area contributed by atoms with Gasteiger partial charge in [0.25, 0.3) is 0 Å². The number of rotatable bonds is 3. The lowest BCUT2D eigenvalue weighted by Crippen LogP contribution is -1.88. The first-order chi connectivity index (χ1) is 15.3. The summed E-state index contributed by atoms with van der Waals surface area (Å²) < 4.78 is 0. The summed E-state index contributed by atoms with van der Waals surface area (Å²) in [5, 5.41) is 0. The standard InChI is InChI=1S/C31H22/c1-3-9-22(10-4-1)26-19-27(23-11-5-2-6-12-23)21-28(20-26)24-15-16-31-29(17-24)18-25-13-7-8-14-30(25)31/h1-17,19-21H,18H2. The molecule has 5 aromatic rings. The van der Waals surface area contributed by atoms with Gasteiger partial charge in [-0.25, -0.2) is 0 Å². The van der Waals surface area contributed by atoms with Crippen LogP contribution >= 0.6 is 0 Å². The van der Waals surface area contributed by atoms with Crippen LogP contribution in [0.25, 0.3) is 44.5 Å². The molecule has 1 aliphatic carbocycles. The summed E-state index contributed by atoms with van der Waals surface area (Å²) in [6.07, 6.45) is 1.02. The second kappa shape index (κ2) is 7.41. The van der Waals surface area contributed by atoms with Crippen molar-refractivity contribution in [2.24, 2.45) is 0 Å². The normalized spacial score (nSPS) is 11.7. The van der Waals surface area contributed by atoms with Crippen LogP contribution in [0.2, 0.25) is 0 Å². The molecule has 0 saturated heterocycles. The molecule has 0 spiro atoms. The van der Waals surface area contributed by atoms with Crippen LogP contribution in [-0.4, -0.2) is 0 Å². The molecule has 0 heteroatoms. The minimum atomic E-state index is 1.02. The van der Waals surface area contributed by atoms with E-state index in [2.05, 4.69) is 121 Å². The van der Waals surface area contributed by atoms with Gasteiger partial charge in [-0.1, -0.05) is 103 Å². The van der Waals surface area contributed by atoms with E-state index < -0.39 is 0 Å². The van der Waals surface area contributed by atoms with Crippen LogP contribution in [0.3, 0.4) is 0 Å². The molecular weight excluding hydrogens is 372 g/mol. The Bertz CT molecular complexity index is 1320. The molecule has 5 aromatic carbocycles. The van der Waals surface area contributed by atoms with Crippen LogP contribution in [-0.2, 0) is 6.42 Å². The summed E-state index contributed by atoms with van der Waals surface area (Å²) >= 11 is 0. The fourth-order valence-corrected chi connectivity index (χ4v) is 4.71. The molecule has 1 aliphatic rings. The molecule has 0 radical (unpaired) electrons. The van der Waals surface area contributed by atoms with Crippen molar-refractivity contribution in [3.8, 4) is 44.5 Å². The predicted octanol–water partition coefficient (Wildman–Crippen LogP) is 8.26. The molecule has 6 rings (SSSR count). The molecule has 0 bridgehead atoms. The third-order valence-electron chi connectivity index (χ3n) is 6.27. The first kappa shape index (κ1) is 17.9. The molecule has 0 nitrogen and oxygen atoms in total. The zero-order valence-electron chi connectivity index (χ0n) is 17.3. The maximum absolute atomic E-state index is 2.38. The lowest BCUT2D eigenvalue weighted by Gasteiger charge is -2.12. The average Bonchev–Trinajstić information content (AvgIpc) is 3.23. The maximum atomic E-state index is 2.38. The smallest absolute Gasteiger partial charge is 0.00132 e. The minimum Gasteiger partial charge on any atom is -0.0622 e. The monoisotopic (exact) mass is 394 g/mol. The highest BCUT2D eigenvalue weighted by Gasteiger charge is 2.18. The highest BCUT2D eigenvalue weighted by Crippen LogP contribution is 2.40. The van der Waals surface area contributed by atoms with Crippen LogP contribution < -0.4 is 0 Å². The fraction of sp³-hybridized carbons (Fsp3) is 0.0323. The van der Waals surface area contributed by atoms with E-state index >= 15 is 0 Å². The number of benzene rings is 5. The maximum Gasteiger partial charge on any atom is -0.00132 e. The molecule has 0 fully saturated rings. The molecule has 0 heterocycles. The molecule has 0 aromatic heterocycles. The summed E-state index contributed by atoms with van der Waals surface area (Å²) in [7, 11) is 0. The van der Waals surface area contributed by atoms with E-state index in [-0.39, 0.29) is 0 Å². The van der Waals surface area contributed by atoms with Gasteiger partial charge >= 0.3 is 0 Å². The Labute approximate surface area is 183 Å². The number of hydrogen-bond acceptors (Lipinski definition) is 0. The number of hydrogen-bond donors (Lipinski definition) is 0. The summed E-state index contributed by atoms with van der Waals surface area (Å²) in [5.41, 5.74) is 13.1. The second-order valence-electron chi connectivity index (χ2n) is 8.24. The Balaban J connectivity index is 1.50. The van der Waals surface area contributed by atoms with E-state index in [0.717, 1.165) is 6.42 Å². The minimum absolute atomic E-state index is 1.02. The van der Waals surface area contributed by atoms with Crippen LogP contribution in [0.15, 0.2) is 121 Å². The molecule has 146 valence electrons. The second-order valence-corrected chi connectivity index (χ2v) is 8.24. The molecule has 31 heavy (non-hydrogen) atoms. The highest BCUT2D eigenvalue weighted by atomic mass is 14.2. The van der Waals surface area contributed by atoms with Crippen molar-refractivity contribution < 1.29 is 0 Å². The topological polar surface area (TPSA) is 0 Å². The summed E-state index contributed by atoms with van der Waals surface area (Å²) in [4.78, 5) is 0. The predicted molar refractivity (Wildman–Crippen MR) is 131 cm³/mol. The Hall–Kier alpha value is -3.90. The van der Waals surface area contributed by atoms with E-state index in [1.54, 1.807) is 0 Å². The van der Waals surface area contributed by atoms with Gasteiger partial charge in [-0.2, -0.15) is 0 Å². The first-order valence-electron chi connectivity index (χ1n) is 10.8. The average molecular weight is 395 g/mol. The van der Waals surface area contributed by atoms with Gasteiger partial charge in [0, 0.05) is 0 Å². The van der Waals surface area contributed by atoms with E-state index in [0.29, 0.717) is 0 Å². The molecule has 0 N–H and O–H groups in total. The third kappa shape index (κ3) is 3.27. The van der Waals surface area contributed by atoms with E-state index in [1.807, 2.05) is 0 Å². The Kier molecular flexibility index (Phi) is 4.28. The van der Waals surface area contributed by atoms with Gasteiger partial charge < -0.3 is 0 Å². The quantitative estimate of drug-likeness (QED) is 0.283. The van der Waals surface area contributed by atoms with Crippen LogP contribution in [0.4, 0.5) is 0 Å². The Morgan fingerprint density at radius 2 is 0.839 bits per heavy atom. The molecule has 0 atom stereocenters. The first-order valence-corrected chi connectivity index (χ1v) is 10.8. The van der Waals surface area contributed by atoms with Gasteiger partial charge in [0.2, 0.25) is 0 Å². The molecule has 0 amide bonds. The fourth-order valence-electron chi connectivity index (χ4n) is 4.71. The zero-order chi connectivity index (χ0) is 20.6. The summed E-state index contributed by atoms with van der Waals surface area (Å²) in [6, 6.07) is 44.0. The molecule has 0 aliphatic heterocycles. The van der Waals surface area contributed by atoms with Crippen LogP contribution in [0, 0.1) is 0 Å². The largest absolute Gasteiger partial charge is 0.0622 e. The van der Waals surface area contributed by atoms with Crippen LogP contribution in [0.5, 0.6) is 0 Å². The lowest BCUT2D eigenvalue weighted by atomic mass is 9.92. The molecule has 0 saturated carbocycles. The highest BCUT2D eigenvalue weighted by molar-refractivity contribution is 5.84. The van der Waals surface area contributed by atoms with Gasteiger partial charge in [-0.15, -0.1) is 0 Å². The van der Waals surface area contributed by atoms with Crippen molar-refractivity contribution in [3.63, 3.8) is 0 Å².